The normalized spacial score (nSPS) is 14.4. The molecule has 2 aromatic rings. The molecule has 1 amide bonds. The minimum atomic E-state index is -3.44. The Morgan fingerprint density at radius 2 is 1.60 bits per heavy atom. The van der Waals surface area contributed by atoms with Crippen LogP contribution in [0.2, 0.25) is 0 Å². The van der Waals surface area contributed by atoms with Gasteiger partial charge in [0, 0.05) is 38.0 Å². The topological polar surface area (TPSA) is 92.8 Å². The van der Waals surface area contributed by atoms with Gasteiger partial charge in [-0.1, -0.05) is 12.1 Å². The second-order valence-corrected chi connectivity index (χ2v) is 9.12. The van der Waals surface area contributed by atoms with E-state index in [0.717, 1.165) is 18.4 Å². The number of carbonyl (C=O) groups excluding carboxylic acids is 2. The van der Waals surface area contributed by atoms with Crippen molar-refractivity contribution >= 4 is 21.7 Å². The molecule has 0 spiro atoms. The molecule has 1 fully saturated rings. The molecule has 0 saturated carbocycles. The van der Waals surface area contributed by atoms with Crippen molar-refractivity contribution in [1.82, 2.24) is 9.62 Å². The zero-order valence-electron chi connectivity index (χ0n) is 17.0. The summed E-state index contributed by atoms with van der Waals surface area (Å²) in [6.45, 7) is 1.41. The Morgan fingerprint density at radius 3 is 2.20 bits per heavy atom. The van der Waals surface area contributed by atoms with E-state index in [2.05, 4.69) is 5.32 Å². The Bertz CT molecular complexity index is 979. The van der Waals surface area contributed by atoms with Crippen LogP contribution in [0.25, 0.3) is 0 Å². The van der Waals surface area contributed by atoms with Crippen molar-refractivity contribution in [3.63, 3.8) is 0 Å². The summed E-state index contributed by atoms with van der Waals surface area (Å²) in [5, 5.41) is 2.77. The number of amides is 1. The number of ether oxygens (including phenoxy) is 1. The van der Waals surface area contributed by atoms with Crippen LogP contribution in [0.5, 0.6) is 5.75 Å². The quantitative estimate of drug-likeness (QED) is 0.618. The van der Waals surface area contributed by atoms with E-state index in [9.17, 15) is 18.0 Å². The fourth-order valence-electron chi connectivity index (χ4n) is 3.29. The van der Waals surface area contributed by atoms with Crippen LogP contribution in [0.1, 0.15) is 41.6 Å². The summed E-state index contributed by atoms with van der Waals surface area (Å²) in [7, 11) is -1.88. The van der Waals surface area contributed by atoms with Crippen LogP contribution in [0.15, 0.2) is 53.4 Å². The molecule has 3 rings (SSSR count). The number of hydrogen-bond donors (Lipinski definition) is 1. The second kappa shape index (κ2) is 9.86. The molecule has 1 aliphatic heterocycles. The monoisotopic (exact) mass is 430 g/mol. The molecule has 1 N–H and O–H groups in total. The van der Waals surface area contributed by atoms with Gasteiger partial charge < -0.3 is 10.1 Å². The van der Waals surface area contributed by atoms with Gasteiger partial charge in [0.1, 0.15) is 5.75 Å². The van der Waals surface area contributed by atoms with E-state index < -0.39 is 10.0 Å². The third kappa shape index (κ3) is 5.46. The van der Waals surface area contributed by atoms with Crippen molar-refractivity contribution in [2.24, 2.45) is 0 Å². The molecule has 7 nitrogen and oxygen atoms in total. The SMILES string of the molecule is COc1ccc(C(=O)CCC(=O)NCc2ccc(S(=O)(=O)N3CCCC3)cc2)cc1. The lowest BCUT2D eigenvalue weighted by atomic mass is 10.1. The van der Waals surface area contributed by atoms with Crippen LogP contribution in [0.4, 0.5) is 0 Å². The lowest BCUT2D eigenvalue weighted by Crippen LogP contribution is -2.28. The van der Waals surface area contributed by atoms with Crippen molar-refractivity contribution < 1.29 is 22.7 Å². The third-order valence-electron chi connectivity index (χ3n) is 5.11. The summed E-state index contributed by atoms with van der Waals surface area (Å²) >= 11 is 0. The lowest BCUT2D eigenvalue weighted by molar-refractivity contribution is -0.121. The molecule has 160 valence electrons. The Hall–Kier alpha value is -2.71. The largest absolute Gasteiger partial charge is 0.497 e. The van der Waals surface area contributed by atoms with E-state index in [-0.39, 0.29) is 36.0 Å². The average molecular weight is 431 g/mol. The molecule has 1 saturated heterocycles. The molecular weight excluding hydrogens is 404 g/mol. The number of Topliss-reactive ketones (excluding diaryl/α,β-unsaturated/α-hetero) is 1. The van der Waals surface area contributed by atoms with Gasteiger partial charge in [-0.25, -0.2) is 8.42 Å². The molecule has 0 unspecified atom stereocenters. The Morgan fingerprint density at radius 1 is 0.967 bits per heavy atom. The van der Waals surface area contributed by atoms with Crippen LogP contribution in [0, 0.1) is 0 Å². The number of carbonyl (C=O) groups is 2. The first-order valence-corrected chi connectivity index (χ1v) is 11.4. The third-order valence-corrected chi connectivity index (χ3v) is 7.02. The predicted molar refractivity (Wildman–Crippen MR) is 113 cm³/mol. The van der Waals surface area contributed by atoms with Gasteiger partial charge in [0.15, 0.2) is 5.78 Å². The number of ketones is 1. The van der Waals surface area contributed by atoms with Crippen LogP contribution in [-0.4, -0.2) is 44.6 Å². The predicted octanol–water partition coefficient (Wildman–Crippen LogP) is 2.76. The summed E-state index contributed by atoms with van der Waals surface area (Å²) in [6.07, 6.45) is 1.99. The Labute approximate surface area is 177 Å². The van der Waals surface area contributed by atoms with Gasteiger partial charge in [0.2, 0.25) is 15.9 Å². The van der Waals surface area contributed by atoms with Gasteiger partial charge in [0.25, 0.3) is 0 Å². The van der Waals surface area contributed by atoms with Crippen LogP contribution in [-0.2, 0) is 21.4 Å². The average Bonchev–Trinajstić information content (AvgIpc) is 3.32. The van der Waals surface area contributed by atoms with Gasteiger partial charge in [-0.2, -0.15) is 4.31 Å². The highest BCUT2D eigenvalue weighted by atomic mass is 32.2. The van der Waals surface area contributed by atoms with Crippen LogP contribution >= 0.6 is 0 Å². The summed E-state index contributed by atoms with van der Waals surface area (Å²) in [5.74, 6) is 0.332. The molecule has 0 atom stereocenters. The summed E-state index contributed by atoms with van der Waals surface area (Å²) in [5.41, 5.74) is 1.34. The van der Waals surface area contributed by atoms with Gasteiger partial charge >= 0.3 is 0 Å². The van der Waals surface area contributed by atoms with E-state index in [1.165, 1.54) is 4.31 Å². The number of rotatable bonds is 9. The fraction of sp³-hybridized carbons (Fsp3) is 0.364. The smallest absolute Gasteiger partial charge is 0.243 e. The molecule has 8 heteroatoms. The van der Waals surface area contributed by atoms with Gasteiger partial charge in [-0.3, -0.25) is 9.59 Å². The van der Waals surface area contributed by atoms with E-state index in [4.69, 9.17) is 4.74 Å². The molecule has 0 aliphatic carbocycles. The van der Waals surface area contributed by atoms with E-state index in [0.29, 0.717) is 24.4 Å². The Kier molecular flexibility index (Phi) is 7.23. The first-order valence-electron chi connectivity index (χ1n) is 9.93. The molecule has 1 aliphatic rings. The van der Waals surface area contributed by atoms with Gasteiger partial charge in [-0.05, 0) is 54.8 Å². The fourth-order valence-corrected chi connectivity index (χ4v) is 4.81. The van der Waals surface area contributed by atoms with Crippen molar-refractivity contribution in [3.05, 3.63) is 59.7 Å². The van der Waals surface area contributed by atoms with Crippen molar-refractivity contribution in [2.75, 3.05) is 20.2 Å². The number of methoxy groups -OCH3 is 1. The molecule has 0 radical (unpaired) electrons. The van der Waals surface area contributed by atoms with Crippen molar-refractivity contribution in [1.29, 1.82) is 0 Å². The highest BCUT2D eigenvalue weighted by molar-refractivity contribution is 7.89. The molecular formula is C22H26N2O5S. The highest BCUT2D eigenvalue weighted by Gasteiger charge is 2.26. The zero-order valence-corrected chi connectivity index (χ0v) is 17.8. The summed E-state index contributed by atoms with van der Waals surface area (Å²) in [4.78, 5) is 24.5. The van der Waals surface area contributed by atoms with E-state index >= 15 is 0 Å². The minimum absolute atomic E-state index is 0.0896. The molecule has 30 heavy (non-hydrogen) atoms. The first-order chi connectivity index (χ1) is 14.4. The maximum atomic E-state index is 12.5. The number of nitrogens with zero attached hydrogens (tertiary/aromatic N) is 1. The van der Waals surface area contributed by atoms with E-state index in [1.54, 1.807) is 55.6 Å². The molecule has 1 heterocycles. The molecule has 0 bridgehead atoms. The number of hydrogen-bond acceptors (Lipinski definition) is 5. The van der Waals surface area contributed by atoms with E-state index in [1.807, 2.05) is 0 Å². The zero-order chi connectivity index (χ0) is 21.6. The van der Waals surface area contributed by atoms with Crippen molar-refractivity contribution in [3.8, 4) is 5.75 Å². The number of benzene rings is 2. The minimum Gasteiger partial charge on any atom is -0.497 e. The molecule has 0 aromatic heterocycles. The number of sulfonamides is 1. The van der Waals surface area contributed by atoms with Gasteiger partial charge in [0.05, 0.1) is 12.0 Å². The second-order valence-electron chi connectivity index (χ2n) is 7.18. The van der Waals surface area contributed by atoms with Gasteiger partial charge in [-0.15, -0.1) is 0 Å². The molecule has 2 aromatic carbocycles. The maximum absolute atomic E-state index is 12.5. The standard InChI is InChI=1S/C22H26N2O5S/c1-29-19-8-6-18(7-9-19)21(25)12-13-22(26)23-16-17-4-10-20(11-5-17)30(27,28)24-14-2-3-15-24/h4-11H,2-3,12-16H2,1H3,(H,23,26). The highest BCUT2D eigenvalue weighted by Crippen LogP contribution is 2.21. The summed E-state index contributed by atoms with van der Waals surface area (Å²) < 4.78 is 31.6. The first kappa shape index (κ1) is 22.0. The number of nitrogens with one attached hydrogen (secondary N) is 1. The van der Waals surface area contributed by atoms with Crippen molar-refractivity contribution in [2.45, 2.75) is 37.1 Å². The van der Waals surface area contributed by atoms with Crippen LogP contribution < -0.4 is 10.1 Å². The Balaban J connectivity index is 1.46. The maximum Gasteiger partial charge on any atom is 0.243 e. The van der Waals surface area contributed by atoms with Crippen LogP contribution in [0.3, 0.4) is 0 Å². The lowest BCUT2D eigenvalue weighted by Gasteiger charge is -2.15. The summed E-state index contributed by atoms with van der Waals surface area (Å²) in [6, 6.07) is 13.3.